The lowest BCUT2D eigenvalue weighted by Crippen LogP contribution is -2.05. The van der Waals surface area contributed by atoms with Gasteiger partial charge in [-0.3, -0.25) is 0 Å². The normalized spacial score (nSPS) is 12.6. The van der Waals surface area contributed by atoms with Gasteiger partial charge in [0.25, 0.3) is 0 Å². The number of imidazole rings is 1. The van der Waals surface area contributed by atoms with Crippen molar-refractivity contribution < 1.29 is 5.11 Å². The minimum absolute atomic E-state index is 0.599. The highest BCUT2D eigenvalue weighted by atomic mass is 16.3. The molecule has 0 bridgehead atoms. The summed E-state index contributed by atoms with van der Waals surface area (Å²) in [5.74, 6) is 0. The van der Waals surface area contributed by atoms with Crippen LogP contribution in [-0.4, -0.2) is 14.7 Å². The highest BCUT2D eigenvalue weighted by Crippen LogP contribution is 2.21. The fourth-order valence-corrected chi connectivity index (χ4v) is 1.96. The molecule has 1 aromatic carbocycles. The first-order valence-corrected chi connectivity index (χ1v) is 5.95. The molecule has 0 amide bonds. The van der Waals surface area contributed by atoms with E-state index in [4.69, 9.17) is 0 Å². The third kappa shape index (κ3) is 2.56. The third-order valence-corrected chi connectivity index (χ3v) is 2.97. The first kappa shape index (κ1) is 11.9. The van der Waals surface area contributed by atoms with Crippen molar-refractivity contribution in [2.24, 2.45) is 7.05 Å². The standard InChI is InChI=1S/C14H18N2O/c1-3-4-11-5-7-12(8-6-11)14(17)13-9-15-10-16(13)2/h5-10,14,17H,3-4H2,1-2H3. The first-order chi connectivity index (χ1) is 8.22. The molecule has 0 aliphatic rings. The molecule has 0 saturated heterocycles. The second-order valence-corrected chi connectivity index (χ2v) is 4.32. The Morgan fingerprint density at radius 2 is 2.00 bits per heavy atom. The van der Waals surface area contributed by atoms with Crippen molar-refractivity contribution in [2.45, 2.75) is 25.9 Å². The van der Waals surface area contributed by atoms with Crippen LogP contribution in [0.5, 0.6) is 0 Å². The molecule has 3 heteroatoms. The Balaban J connectivity index is 2.20. The highest BCUT2D eigenvalue weighted by Gasteiger charge is 2.13. The van der Waals surface area contributed by atoms with Gasteiger partial charge in [-0.25, -0.2) is 4.98 Å². The molecule has 0 saturated carbocycles. The third-order valence-electron chi connectivity index (χ3n) is 2.97. The summed E-state index contributed by atoms with van der Waals surface area (Å²) < 4.78 is 1.84. The van der Waals surface area contributed by atoms with E-state index in [0.717, 1.165) is 24.1 Å². The largest absolute Gasteiger partial charge is 0.382 e. The predicted octanol–water partition coefficient (Wildman–Crippen LogP) is 2.45. The Morgan fingerprint density at radius 1 is 1.29 bits per heavy atom. The summed E-state index contributed by atoms with van der Waals surface area (Å²) in [7, 11) is 1.89. The van der Waals surface area contributed by atoms with Crippen molar-refractivity contribution >= 4 is 0 Å². The summed E-state index contributed by atoms with van der Waals surface area (Å²) in [5, 5.41) is 10.2. The number of benzene rings is 1. The van der Waals surface area contributed by atoms with Gasteiger partial charge in [0.05, 0.1) is 18.2 Å². The van der Waals surface area contributed by atoms with E-state index in [0.29, 0.717) is 0 Å². The number of rotatable bonds is 4. The molecule has 17 heavy (non-hydrogen) atoms. The summed E-state index contributed by atoms with van der Waals surface area (Å²) >= 11 is 0. The minimum atomic E-state index is -0.599. The van der Waals surface area contributed by atoms with Crippen LogP contribution in [0.4, 0.5) is 0 Å². The molecule has 0 spiro atoms. The smallest absolute Gasteiger partial charge is 0.121 e. The van der Waals surface area contributed by atoms with Crippen molar-refractivity contribution in [1.29, 1.82) is 0 Å². The quantitative estimate of drug-likeness (QED) is 0.876. The van der Waals surface area contributed by atoms with E-state index in [1.807, 2.05) is 23.7 Å². The fraction of sp³-hybridized carbons (Fsp3) is 0.357. The molecular formula is C14H18N2O. The van der Waals surface area contributed by atoms with Crippen molar-refractivity contribution in [3.8, 4) is 0 Å². The van der Waals surface area contributed by atoms with E-state index in [9.17, 15) is 5.11 Å². The maximum atomic E-state index is 10.2. The molecule has 1 heterocycles. The molecule has 90 valence electrons. The number of aliphatic hydroxyl groups excluding tert-OH is 1. The van der Waals surface area contributed by atoms with Crippen LogP contribution in [0, 0.1) is 0 Å². The summed E-state index contributed by atoms with van der Waals surface area (Å²) in [6.45, 7) is 2.17. The maximum Gasteiger partial charge on any atom is 0.121 e. The van der Waals surface area contributed by atoms with Crippen LogP contribution in [0.1, 0.15) is 36.3 Å². The molecule has 1 unspecified atom stereocenters. The van der Waals surface area contributed by atoms with Gasteiger partial charge in [-0.15, -0.1) is 0 Å². The van der Waals surface area contributed by atoms with Crippen LogP contribution < -0.4 is 0 Å². The summed E-state index contributed by atoms with van der Waals surface area (Å²) in [6.07, 6.45) is 5.03. The van der Waals surface area contributed by atoms with E-state index < -0.39 is 6.10 Å². The van der Waals surface area contributed by atoms with E-state index in [1.165, 1.54) is 5.56 Å². The predicted molar refractivity (Wildman–Crippen MR) is 67.7 cm³/mol. The Bertz CT molecular complexity index is 473. The zero-order chi connectivity index (χ0) is 12.3. The lowest BCUT2D eigenvalue weighted by molar-refractivity contribution is 0.211. The number of aryl methyl sites for hydroxylation is 2. The van der Waals surface area contributed by atoms with Crippen LogP contribution in [0.2, 0.25) is 0 Å². The molecule has 1 N–H and O–H groups in total. The summed E-state index contributed by atoms with van der Waals surface area (Å²) in [6, 6.07) is 8.14. The van der Waals surface area contributed by atoms with Gasteiger partial charge < -0.3 is 9.67 Å². The maximum absolute atomic E-state index is 10.2. The highest BCUT2D eigenvalue weighted by molar-refractivity contribution is 5.28. The number of hydrogen-bond donors (Lipinski definition) is 1. The summed E-state index contributed by atoms with van der Waals surface area (Å²) in [5.41, 5.74) is 3.04. The number of aromatic nitrogens is 2. The van der Waals surface area contributed by atoms with E-state index in [-0.39, 0.29) is 0 Å². The van der Waals surface area contributed by atoms with Crippen molar-refractivity contribution in [3.63, 3.8) is 0 Å². The monoisotopic (exact) mass is 230 g/mol. The van der Waals surface area contributed by atoms with Crippen LogP contribution >= 0.6 is 0 Å². The van der Waals surface area contributed by atoms with Crippen molar-refractivity contribution in [3.05, 3.63) is 53.6 Å². The Labute approximate surface area is 102 Å². The molecule has 1 aromatic heterocycles. The van der Waals surface area contributed by atoms with Gasteiger partial charge in [0.15, 0.2) is 0 Å². The zero-order valence-corrected chi connectivity index (χ0v) is 10.3. The lowest BCUT2D eigenvalue weighted by Gasteiger charge is -2.12. The Morgan fingerprint density at radius 3 is 2.53 bits per heavy atom. The van der Waals surface area contributed by atoms with Gasteiger partial charge in [0.1, 0.15) is 6.10 Å². The average Bonchev–Trinajstić information content (AvgIpc) is 2.76. The molecule has 2 rings (SSSR count). The van der Waals surface area contributed by atoms with Crippen molar-refractivity contribution in [1.82, 2.24) is 9.55 Å². The second-order valence-electron chi connectivity index (χ2n) is 4.32. The molecule has 3 nitrogen and oxygen atoms in total. The van der Waals surface area contributed by atoms with Crippen LogP contribution in [0.3, 0.4) is 0 Å². The SMILES string of the molecule is CCCc1ccc(C(O)c2cncn2C)cc1. The van der Waals surface area contributed by atoms with Gasteiger partial charge in [-0.2, -0.15) is 0 Å². The molecule has 0 aliphatic carbocycles. The molecule has 2 aromatic rings. The topological polar surface area (TPSA) is 38.1 Å². The molecule has 0 radical (unpaired) electrons. The number of hydrogen-bond acceptors (Lipinski definition) is 2. The first-order valence-electron chi connectivity index (χ1n) is 5.95. The molecular weight excluding hydrogens is 212 g/mol. The van der Waals surface area contributed by atoms with E-state index in [2.05, 4.69) is 24.0 Å². The van der Waals surface area contributed by atoms with Crippen LogP contribution in [-0.2, 0) is 13.5 Å². The van der Waals surface area contributed by atoms with Gasteiger partial charge in [-0.05, 0) is 17.5 Å². The van der Waals surface area contributed by atoms with Gasteiger partial charge in [-0.1, -0.05) is 37.6 Å². The Hall–Kier alpha value is -1.61. The lowest BCUT2D eigenvalue weighted by atomic mass is 10.0. The van der Waals surface area contributed by atoms with E-state index in [1.54, 1.807) is 12.5 Å². The van der Waals surface area contributed by atoms with Gasteiger partial charge in [0, 0.05) is 7.05 Å². The molecule has 0 aliphatic heterocycles. The summed E-state index contributed by atoms with van der Waals surface area (Å²) in [4.78, 5) is 4.02. The average molecular weight is 230 g/mol. The van der Waals surface area contributed by atoms with Gasteiger partial charge in [0.2, 0.25) is 0 Å². The number of nitrogens with zero attached hydrogens (tertiary/aromatic N) is 2. The van der Waals surface area contributed by atoms with E-state index >= 15 is 0 Å². The molecule has 1 atom stereocenters. The number of aliphatic hydroxyl groups is 1. The van der Waals surface area contributed by atoms with Gasteiger partial charge >= 0.3 is 0 Å². The fourth-order valence-electron chi connectivity index (χ4n) is 1.96. The zero-order valence-electron chi connectivity index (χ0n) is 10.3. The van der Waals surface area contributed by atoms with Crippen molar-refractivity contribution in [2.75, 3.05) is 0 Å². The van der Waals surface area contributed by atoms with Crippen LogP contribution in [0.25, 0.3) is 0 Å². The second kappa shape index (κ2) is 5.15. The van der Waals surface area contributed by atoms with Crippen LogP contribution in [0.15, 0.2) is 36.8 Å². The molecule has 0 fully saturated rings. The Kier molecular flexibility index (Phi) is 3.59. The minimum Gasteiger partial charge on any atom is -0.382 e.